The highest BCUT2D eigenvalue weighted by atomic mass is 32.2. The van der Waals surface area contributed by atoms with E-state index in [2.05, 4.69) is 31.6 Å². The lowest BCUT2D eigenvalue weighted by atomic mass is 10.2. The lowest BCUT2D eigenvalue weighted by molar-refractivity contribution is 0.0545. The van der Waals surface area contributed by atoms with Gasteiger partial charge < -0.3 is 24.4 Å². The predicted octanol–water partition coefficient (Wildman–Crippen LogP) is 6.81. The molecule has 0 spiro atoms. The minimum atomic E-state index is -0.838. The summed E-state index contributed by atoms with van der Waals surface area (Å²) in [6.45, 7) is 20.8. The summed E-state index contributed by atoms with van der Waals surface area (Å²) in [7, 11) is 0. The Hall–Kier alpha value is -4.05. The van der Waals surface area contributed by atoms with Gasteiger partial charge in [-0.2, -0.15) is 4.99 Å². The largest absolute Gasteiger partial charge is 0.444 e. The maximum atomic E-state index is 12.2. The first-order chi connectivity index (χ1) is 20.4. The number of amidine groups is 1. The zero-order chi connectivity index (χ0) is 34.8. The molecule has 16 heteroatoms. The second-order valence-corrected chi connectivity index (χ2v) is 14.2. The number of hydrazine groups is 2. The molecule has 0 saturated carbocycles. The summed E-state index contributed by atoms with van der Waals surface area (Å²) in [5.74, 6) is -0.0778. The van der Waals surface area contributed by atoms with Gasteiger partial charge in [-0.3, -0.25) is 10.6 Å². The number of guanidine groups is 1. The number of para-hydroxylation sites is 2. The molecule has 256 valence electrons. The summed E-state index contributed by atoms with van der Waals surface area (Å²) in [5, 5.41) is 6.42. The van der Waals surface area contributed by atoms with Crippen LogP contribution in [0.5, 0.6) is 0 Å². The molecule has 1 heterocycles. The zero-order valence-corrected chi connectivity index (χ0v) is 29.1. The van der Waals surface area contributed by atoms with Gasteiger partial charge in [-0.15, -0.1) is 10.5 Å². The Bertz CT molecular complexity index is 1280. The van der Waals surface area contributed by atoms with E-state index in [1.54, 1.807) is 95.4 Å². The van der Waals surface area contributed by atoms with Gasteiger partial charge >= 0.3 is 24.4 Å². The molecule has 1 aliphatic rings. The van der Waals surface area contributed by atoms with Crippen LogP contribution in [-0.2, 0) is 18.9 Å². The van der Waals surface area contributed by atoms with E-state index >= 15 is 0 Å². The maximum absolute atomic E-state index is 12.2. The Labute approximate surface area is 272 Å². The van der Waals surface area contributed by atoms with E-state index in [1.165, 1.54) is 5.01 Å². The first-order valence-corrected chi connectivity index (χ1v) is 15.2. The number of hydrogen-bond acceptors (Lipinski definition) is 11. The minimum Gasteiger partial charge on any atom is -0.444 e. The highest BCUT2D eigenvalue weighted by Gasteiger charge is 2.28. The summed E-state index contributed by atoms with van der Waals surface area (Å²) in [5.41, 5.74) is 4.53. The van der Waals surface area contributed by atoms with E-state index < -0.39 is 46.8 Å². The van der Waals surface area contributed by atoms with Gasteiger partial charge in [-0.05, 0) is 101 Å². The minimum absolute atomic E-state index is 0. The lowest BCUT2D eigenvalue weighted by Crippen LogP contribution is -2.51. The number of rotatable bonds is 0. The summed E-state index contributed by atoms with van der Waals surface area (Å²) in [6.07, 6.45) is -1.32. The lowest BCUT2D eigenvalue weighted by Gasteiger charge is -2.24. The molecule has 0 radical (unpaired) electrons. The number of anilines is 2. The number of thioether (sulfide) groups is 1. The topological polar surface area (TPSA) is 181 Å². The summed E-state index contributed by atoms with van der Waals surface area (Å²) < 4.78 is 20.5. The van der Waals surface area contributed by atoms with Gasteiger partial charge in [0.15, 0.2) is 5.17 Å². The summed E-state index contributed by atoms with van der Waals surface area (Å²) in [6, 6.07) is 7.30. The number of alkyl carbamates (subject to hydrolysis) is 2. The average molecular weight is 658 g/mol. The third kappa shape index (κ3) is 17.1. The molecule has 15 nitrogen and oxygen atoms in total. The van der Waals surface area contributed by atoms with Crippen LogP contribution in [0.4, 0.5) is 30.6 Å². The molecule has 0 unspecified atom stereocenters. The van der Waals surface area contributed by atoms with Crippen molar-refractivity contribution in [1.29, 1.82) is 0 Å². The van der Waals surface area contributed by atoms with Crippen LogP contribution < -0.4 is 26.6 Å². The molecule has 1 aliphatic heterocycles. The van der Waals surface area contributed by atoms with Crippen molar-refractivity contribution in [1.82, 2.24) is 16.2 Å². The molecule has 4 amide bonds. The van der Waals surface area contributed by atoms with Crippen molar-refractivity contribution in [2.75, 3.05) is 16.7 Å². The Morgan fingerprint density at radius 2 is 1.16 bits per heavy atom. The van der Waals surface area contributed by atoms with Gasteiger partial charge in [-0.25, -0.2) is 24.2 Å². The van der Waals surface area contributed by atoms with Gasteiger partial charge in [0.1, 0.15) is 22.4 Å². The van der Waals surface area contributed by atoms with Crippen LogP contribution in [0, 0.1) is 0 Å². The van der Waals surface area contributed by atoms with E-state index in [0.717, 1.165) is 17.4 Å². The molecule has 0 bridgehead atoms. The molecule has 1 aromatic carbocycles. The van der Waals surface area contributed by atoms with Crippen molar-refractivity contribution in [3.63, 3.8) is 0 Å². The fraction of sp³-hybridized carbons (Fsp3) is 0.586. The van der Waals surface area contributed by atoms with Gasteiger partial charge in [0.2, 0.25) is 5.96 Å². The van der Waals surface area contributed by atoms with E-state index in [4.69, 9.17) is 18.9 Å². The number of nitrogens with one attached hydrogen (secondary N) is 4. The van der Waals surface area contributed by atoms with E-state index in [9.17, 15) is 19.2 Å². The van der Waals surface area contributed by atoms with E-state index in [-0.39, 0.29) is 14.0 Å². The zero-order valence-electron chi connectivity index (χ0n) is 28.3. The number of aliphatic imine (C=N–C) groups is 2. The van der Waals surface area contributed by atoms with Crippen LogP contribution in [0.1, 0.15) is 85.9 Å². The quantitative estimate of drug-likeness (QED) is 0.130. The number of hydrogen-bond donors (Lipinski definition) is 4. The molecular weight excluding hydrogens is 606 g/mol. The fourth-order valence-corrected chi connectivity index (χ4v) is 3.25. The van der Waals surface area contributed by atoms with Crippen molar-refractivity contribution in [2.45, 2.75) is 105 Å². The van der Waals surface area contributed by atoms with Crippen LogP contribution in [0.15, 0.2) is 34.3 Å². The van der Waals surface area contributed by atoms with Gasteiger partial charge in [0, 0.05) is 2.85 Å². The standard InChI is InChI=1S/C17H25N5O4.C12H22N2O4S.2H2/c1-16(2,3)25-14(23)18-13(19-15(24)26-17(4,5)6)22-12-10-8-7-9-11(12)20-21-22;1-11(2,3)17-9(15)13-8(19-7)14-10(16)18-12(4,5)6;;/h7-10,20-21H,1-6H3,(H,18,19,23,24);1-7H3,(H,13,14,15,16);2*1H. The van der Waals surface area contributed by atoms with Crippen LogP contribution in [0.25, 0.3) is 0 Å². The first kappa shape index (κ1) is 39.0. The van der Waals surface area contributed by atoms with Gasteiger partial charge in [-0.1, -0.05) is 23.9 Å². The van der Waals surface area contributed by atoms with Crippen molar-refractivity contribution in [2.24, 2.45) is 9.98 Å². The van der Waals surface area contributed by atoms with Crippen molar-refractivity contribution >= 4 is 58.6 Å². The number of amides is 4. The number of carbonyl (C=O) groups is 4. The van der Waals surface area contributed by atoms with E-state index in [1.807, 2.05) is 18.2 Å². The summed E-state index contributed by atoms with van der Waals surface area (Å²) in [4.78, 5) is 54.8. The SMILES string of the molecule is CC(C)(C)OC(=O)/N=C(/NC(=O)OC(C)(C)C)N1NNc2ccccc21.CS/C(=N\C(=O)OC(C)(C)C)NC(=O)OC(C)(C)C.[HH].[HH]. The molecule has 0 atom stereocenters. The van der Waals surface area contributed by atoms with Crippen molar-refractivity contribution in [3.8, 4) is 0 Å². The molecule has 1 aromatic rings. The Balaban J connectivity index is 0. The molecule has 45 heavy (non-hydrogen) atoms. The number of ether oxygens (including phenoxy) is 4. The van der Waals surface area contributed by atoms with Crippen LogP contribution in [0.3, 0.4) is 0 Å². The van der Waals surface area contributed by atoms with Crippen LogP contribution >= 0.6 is 11.8 Å². The second kappa shape index (κ2) is 15.8. The number of nitrogens with zero attached hydrogens (tertiary/aromatic N) is 3. The fourth-order valence-electron chi connectivity index (χ4n) is 2.90. The Kier molecular flexibility index (Phi) is 13.7. The Morgan fingerprint density at radius 1 is 0.711 bits per heavy atom. The molecule has 0 aliphatic carbocycles. The maximum Gasteiger partial charge on any atom is 0.437 e. The molecule has 0 saturated heterocycles. The highest BCUT2D eigenvalue weighted by Crippen LogP contribution is 2.28. The first-order valence-electron chi connectivity index (χ1n) is 14.0. The number of benzene rings is 1. The van der Waals surface area contributed by atoms with Crippen LogP contribution in [-0.4, -0.2) is 64.2 Å². The van der Waals surface area contributed by atoms with E-state index in [0.29, 0.717) is 5.69 Å². The van der Waals surface area contributed by atoms with Crippen molar-refractivity contribution < 1.29 is 41.0 Å². The van der Waals surface area contributed by atoms with Crippen LogP contribution in [0.2, 0.25) is 0 Å². The van der Waals surface area contributed by atoms with Gasteiger partial charge in [0.25, 0.3) is 0 Å². The predicted molar refractivity (Wildman–Crippen MR) is 179 cm³/mol. The third-order valence-corrected chi connectivity index (χ3v) is 4.83. The second-order valence-electron chi connectivity index (χ2n) is 13.4. The normalized spacial score (nSPS) is 13.8. The number of fused-ring (bicyclic) bond motifs is 1. The smallest absolute Gasteiger partial charge is 0.437 e. The summed E-state index contributed by atoms with van der Waals surface area (Å²) >= 11 is 1.12. The monoisotopic (exact) mass is 657 g/mol. The third-order valence-electron chi connectivity index (χ3n) is 4.25. The van der Waals surface area contributed by atoms with Gasteiger partial charge in [0.05, 0.1) is 11.4 Å². The Morgan fingerprint density at radius 3 is 1.62 bits per heavy atom. The average Bonchev–Trinajstić information content (AvgIpc) is 3.23. The molecule has 4 N–H and O–H groups in total. The molecule has 0 fully saturated rings. The molecule has 0 aromatic heterocycles. The van der Waals surface area contributed by atoms with Crippen molar-refractivity contribution in [3.05, 3.63) is 24.3 Å². The molecular formula is C29H51N7O8S. The molecule has 2 rings (SSSR count). The highest BCUT2D eigenvalue weighted by molar-refractivity contribution is 8.13. The number of carbonyl (C=O) groups excluding carboxylic acids is 4.